The van der Waals surface area contributed by atoms with Gasteiger partial charge in [-0.2, -0.15) is 0 Å². The van der Waals surface area contributed by atoms with Crippen LogP contribution in [-0.4, -0.2) is 42.9 Å². The van der Waals surface area contributed by atoms with Crippen LogP contribution < -0.4 is 9.47 Å². The molecule has 184 valence electrons. The van der Waals surface area contributed by atoms with Crippen molar-refractivity contribution in [3.63, 3.8) is 0 Å². The molecule has 0 bridgehead atoms. The first-order valence-corrected chi connectivity index (χ1v) is 12.4. The molecule has 0 unspecified atom stereocenters. The molecule has 2 aliphatic heterocycles. The number of aromatic hydroxyl groups is 1. The summed E-state index contributed by atoms with van der Waals surface area (Å²) in [6.45, 7) is 8.90. The third-order valence-electron chi connectivity index (χ3n) is 6.47. The number of ether oxygens (including phenoxy) is 2. The van der Waals surface area contributed by atoms with Gasteiger partial charge in [0.1, 0.15) is 30.0 Å². The molecule has 0 aromatic heterocycles. The minimum Gasteiger partial charge on any atom is -0.508 e. The predicted octanol–water partition coefficient (Wildman–Crippen LogP) is 6.76. The Hall–Kier alpha value is -3.31. The molecule has 2 aliphatic rings. The molecule has 2 heterocycles. The standard InChI is InChI=1S/C28H28FNO3.C2H6/c1-19-25-15-23(31)9-12-26(25)33-28(27(19)21-5-3-2-4-6-21)22-7-10-24(11-8-22)32-14-13-30-17-20(16-29)18-30;1-2/h2-12,15,20,28,31H,13-14,16-18H2,1H3;1-2H3/t28-;/m1./s1. The van der Waals surface area contributed by atoms with E-state index in [1.165, 1.54) is 0 Å². The Labute approximate surface area is 207 Å². The molecule has 0 saturated carbocycles. The van der Waals surface area contributed by atoms with E-state index in [-0.39, 0.29) is 24.4 Å². The maximum Gasteiger partial charge on any atom is 0.150 e. The van der Waals surface area contributed by atoms with E-state index in [0.717, 1.165) is 59.0 Å². The number of halogens is 1. The zero-order chi connectivity index (χ0) is 24.8. The van der Waals surface area contributed by atoms with Crippen LogP contribution in [0.15, 0.2) is 72.8 Å². The topological polar surface area (TPSA) is 41.9 Å². The molecule has 5 heteroatoms. The van der Waals surface area contributed by atoms with Gasteiger partial charge in [-0.15, -0.1) is 0 Å². The molecular formula is C30H34FNO3. The van der Waals surface area contributed by atoms with E-state index in [0.29, 0.717) is 6.61 Å². The van der Waals surface area contributed by atoms with Crippen LogP contribution in [0, 0.1) is 5.92 Å². The van der Waals surface area contributed by atoms with Gasteiger partial charge in [-0.1, -0.05) is 56.3 Å². The molecule has 3 aromatic rings. The van der Waals surface area contributed by atoms with Gasteiger partial charge in [0, 0.05) is 36.7 Å². The van der Waals surface area contributed by atoms with Gasteiger partial charge < -0.3 is 14.6 Å². The van der Waals surface area contributed by atoms with Crippen LogP contribution in [0.5, 0.6) is 17.2 Å². The Balaban J connectivity index is 0.00000141. The highest BCUT2D eigenvalue weighted by molar-refractivity contribution is 5.95. The van der Waals surface area contributed by atoms with Crippen molar-refractivity contribution in [1.29, 1.82) is 0 Å². The summed E-state index contributed by atoms with van der Waals surface area (Å²) in [5, 5.41) is 10.0. The van der Waals surface area contributed by atoms with Gasteiger partial charge in [0.15, 0.2) is 0 Å². The Bertz CT molecular complexity index is 1140. The fourth-order valence-corrected chi connectivity index (χ4v) is 4.65. The lowest BCUT2D eigenvalue weighted by Crippen LogP contribution is -2.49. The molecular weight excluding hydrogens is 441 g/mol. The average Bonchev–Trinajstić information content (AvgIpc) is 2.88. The van der Waals surface area contributed by atoms with Crippen LogP contribution in [-0.2, 0) is 0 Å². The van der Waals surface area contributed by atoms with E-state index < -0.39 is 0 Å². The number of phenols is 1. The van der Waals surface area contributed by atoms with Gasteiger partial charge in [-0.25, -0.2) is 0 Å². The van der Waals surface area contributed by atoms with Crippen molar-refractivity contribution in [2.24, 2.45) is 5.92 Å². The number of hydrogen-bond acceptors (Lipinski definition) is 4. The highest BCUT2D eigenvalue weighted by atomic mass is 19.1. The fraction of sp³-hybridized carbons (Fsp3) is 0.333. The summed E-state index contributed by atoms with van der Waals surface area (Å²) in [6, 6.07) is 23.5. The molecule has 0 aliphatic carbocycles. The van der Waals surface area contributed by atoms with Crippen LogP contribution >= 0.6 is 0 Å². The first kappa shape index (κ1) is 24.8. The quantitative estimate of drug-likeness (QED) is 0.410. The molecule has 1 atom stereocenters. The molecule has 35 heavy (non-hydrogen) atoms. The Morgan fingerprint density at radius 1 is 1.00 bits per heavy atom. The second kappa shape index (κ2) is 11.4. The van der Waals surface area contributed by atoms with E-state index in [9.17, 15) is 9.50 Å². The van der Waals surface area contributed by atoms with Gasteiger partial charge in [0.2, 0.25) is 0 Å². The maximum absolute atomic E-state index is 12.6. The molecule has 1 fully saturated rings. The minimum atomic E-state index is -0.266. The summed E-state index contributed by atoms with van der Waals surface area (Å²) in [5.74, 6) is 1.99. The first-order chi connectivity index (χ1) is 17.1. The van der Waals surface area contributed by atoms with Crippen LogP contribution in [0.2, 0.25) is 0 Å². The summed E-state index contributed by atoms with van der Waals surface area (Å²) < 4.78 is 24.9. The van der Waals surface area contributed by atoms with E-state index in [4.69, 9.17) is 9.47 Å². The van der Waals surface area contributed by atoms with Crippen LogP contribution in [0.1, 0.15) is 43.6 Å². The van der Waals surface area contributed by atoms with E-state index >= 15 is 0 Å². The fourth-order valence-electron chi connectivity index (χ4n) is 4.65. The lowest BCUT2D eigenvalue weighted by molar-refractivity contribution is 0.0668. The molecule has 0 amide bonds. The zero-order valence-electron chi connectivity index (χ0n) is 20.7. The number of nitrogens with zero attached hydrogens (tertiary/aromatic N) is 1. The Kier molecular flexibility index (Phi) is 8.09. The molecule has 3 aromatic carbocycles. The number of phenolic OH excluding ortho intramolecular Hbond substituents is 1. The molecule has 0 radical (unpaired) electrons. The first-order valence-electron chi connectivity index (χ1n) is 12.4. The Morgan fingerprint density at radius 2 is 1.71 bits per heavy atom. The summed E-state index contributed by atoms with van der Waals surface area (Å²) in [6.07, 6.45) is -0.266. The SMILES string of the molecule is CC.CC1=C(c2ccccc2)[C@@H](c2ccc(OCCN3CC(CF)C3)cc2)Oc2ccc(O)cc21. The number of likely N-dealkylation sites (tertiary alicyclic amines) is 1. The van der Waals surface area contributed by atoms with E-state index in [1.54, 1.807) is 12.1 Å². The number of fused-ring (bicyclic) bond motifs is 1. The van der Waals surface area contributed by atoms with Crippen molar-refractivity contribution in [2.75, 3.05) is 32.9 Å². The largest absolute Gasteiger partial charge is 0.508 e. The van der Waals surface area contributed by atoms with Crippen LogP contribution in [0.3, 0.4) is 0 Å². The van der Waals surface area contributed by atoms with Crippen molar-refractivity contribution < 1.29 is 19.0 Å². The maximum atomic E-state index is 12.6. The molecule has 4 nitrogen and oxygen atoms in total. The van der Waals surface area contributed by atoms with Gasteiger partial charge in [-0.05, 0) is 54.0 Å². The minimum absolute atomic E-state index is 0.198. The third kappa shape index (κ3) is 5.51. The van der Waals surface area contributed by atoms with Gasteiger partial charge in [0.05, 0.1) is 6.67 Å². The Morgan fingerprint density at radius 3 is 2.40 bits per heavy atom. The van der Waals surface area contributed by atoms with Gasteiger partial charge in [0.25, 0.3) is 0 Å². The summed E-state index contributed by atoms with van der Waals surface area (Å²) in [5.41, 5.74) is 5.21. The monoisotopic (exact) mass is 475 g/mol. The number of allylic oxidation sites excluding steroid dienone is 1. The van der Waals surface area contributed by atoms with Gasteiger partial charge >= 0.3 is 0 Å². The predicted molar refractivity (Wildman–Crippen MR) is 140 cm³/mol. The zero-order valence-corrected chi connectivity index (χ0v) is 20.7. The number of rotatable bonds is 7. The summed E-state index contributed by atoms with van der Waals surface area (Å²) in [7, 11) is 0. The molecule has 1 N–H and O–H groups in total. The molecule has 0 spiro atoms. The van der Waals surface area contributed by atoms with Crippen molar-refractivity contribution in [3.8, 4) is 17.2 Å². The smallest absolute Gasteiger partial charge is 0.150 e. The van der Waals surface area contributed by atoms with Crippen molar-refractivity contribution >= 4 is 11.1 Å². The second-order valence-corrected chi connectivity index (χ2v) is 8.78. The van der Waals surface area contributed by atoms with Crippen molar-refractivity contribution in [1.82, 2.24) is 4.90 Å². The highest BCUT2D eigenvalue weighted by Crippen LogP contribution is 2.47. The average molecular weight is 476 g/mol. The number of alkyl halides is 1. The van der Waals surface area contributed by atoms with Crippen molar-refractivity contribution in [3.05, 3.63) is 89.5 Å². The number of benzene rings is 3. The van der Waals surface area contributed by atoms with Crippen LogP contribution in [0.25, 0.3) is 11.1 Å². The van der Waals surface area contributed by atoms with E-state index in [1.807, 2.05) is 62.4 Å². The molecule has 1 saturated heterocycles. The lowest BCUT2D eigenvalue weighted by Gasteiger charge is -2.37. The second-order valence-electron chi connectivity index (χ2n) is 8.78. The normalized spacial score (nSPS) is 17.5. The molecule has 5 rings (SSSR count). The summed E-state index contributed by atoms with van der Waals surface area (Å²) in [4.78, 5) is 2.21. The van der Waals surface area contributed by atoms with Crippen molar-refractivity contribution in [2.45, 2.75) is 26.9 Å². The van der Waals surface area contributed by atoms with E-state index in [2.05, 4.69) is 24.0 Å². The third-order valence-corrected chi connectivity index (χ3v) is 6.47. The van der Waals surface area contributed by atoms with Gasteiger partial charge in [-0.3, -0.25) is 9.29 Å². The number of hydrogen-bond donors (Lipinski definition) is 1. The highest BCUT2D eigenvalue weighted by Gasteiger charge is 2.29. The summed E-state index contributed by atoms with van der Waals surface area (Å²) >= 11 is 0. The van der Waals surface area contributed by atoms with Crippen LogP contribution in [0.4, 0.5) is 4.39 Å². The lowest BCUT2D eigenvalue weighted by atomic mass is 9.86.